The van der Waals surface area contributed by atoms with Crippen LogP contribution in [0.1, 0.15) is 48.0 Å². The topological polar surface area (TPSA) is 34.9 Å². The maximum absolute atomic E-state index is 11.8. The van der Waals surface area contributed by atoms with Crippen LogP contribution in [0.15, 0.2) is 42.7 Å². The average molecular weight is 270 g/mol. The molecule has 20 heavy (non-hydrogen) atoms. The lowest BCUT2D eigenvalue weighted by Crippen LogP contribution is -2.10. The Bertz CT molecular complexity index is 531. The van der Waals surface area contributed by atoms with Crippen LogP contribution in [0.4, 0.5) is 0 Å². The molecule has 2 rings (SSSR count). The van der Waals surface area contributed by atoms with E-state index in [4.69, 9.17) is 0 Å². The summed E-state index contributed by atoms with van der Waals surface area (Å²) in [7, 11) is 0. The Balaban J connectivity index is 1.57. The van der Waals surface area contributed by atoms with Gasteiger partial charge < -0.3 is 0 Å². The van der Waals surface area contributed by atoms with E-state index >= 15 is 0 Å². The largest absolute Gasteiger partial charge is 0.273 e. The Hall–Kier alpha value is -1.90. The fourth-order valence-electron chi connectivity index (χ4n) is 2.27. The highest BCUT2D eigenvalue weighted by Crippen LogP contribution is 2.09. The molecule has 3 nitrogen and oxygen atoms in total. The number of nitrogens with zero attached hydrogens (tertiary/aromatic N) is 2. The summed E-state index contributed by atoms with van der Waals surface area (Å²) in [5.74, 6) is 0.0983. The molecule has 2 aromatic rings. The van der Waals surface area contributed by atoms with E-state index in [-0.39, 0.29) is 5.91 Å². The zero-order valence-corrected chi connectivity index (χ0v) is 12.1. The zero-order chi connectivity index (χ0) is 14.2. The zero-order valence-electron chi connectivity index (χ0n) is 12.1. The van der Waals surface area contributed by atoms with Crippen LogP contribution in [0.5, 0.6) is 0 Å². The van der Waals surface area contributed by atoms with Crippen molar-refractivity contribution in [3.63, 3.8) is 0 Å². The average Bonchev–Trinajstić information content (AvgIpc) is 2.90. The van der Waals surface area contributed by atoms with Crippen LogP contribution in [0.3, 0.4) is 0 Å². The van der Waals surface area contributed by atoms with E-state index in [9.17, 15) is 4.79 Å². The number of hydrogen-bond acceptors (Lipinski definition) is 2. The molecule has 0 saturated carbocycles. The van der Waals surface area contributed by atoms with Gasteiger partial charge in [0, 0.05) is 12.6 Å². The monoisotopic (exact) mass is 270 g/mol. The molecule has 0 aliphatic carbocycles. The van der Waals surface area contributed by atoms with E-state index in [1.54, 1.807) is 12.4 Å². The molecular formula is C17H22N2O. The van der Waals surface area contributed by atoms with Gasteiger partial charge in [0.05, 0.1) is 6.20 Å². The van der Waals surface area contributed by atoms with Gasteiger partial charge in [-0.05, 0) is 37.3 Å². The minimum Gasteiger partial charge on any atom is -0.273 e. The van der Waals surface area contributed by atoms with E-state index in [0.717, 1.165) is 24.8 Å². The summed E-state index contributed by atoms with van der Waals surface area (Å²) in [5, 5.41) is 4.04. The quantitative estimate of drug-likeness (QED) is 0.712. The van der Waals surface area contributed by atoms with Crippen molar-refractivity contribution in [2.24, 2.45) is 0 Å². The Morgan fingerprint density at radius 2 is 1.85 bits per heavy atom. The van der Waals surface area contributed by atoms with Gasteiger partial charge in [-0.25, -0.2) is 4.68 Å². The second-order valence-corrected chi connectivity index (χ2v) is 5.26. The van der Waals surface area contributed by atoms with Crippen molar-refractivity contribution in [2.75, 3.05) is 0 Å². The second kappa shape index (κ2) is 7.63. The lowest BCUT2D eigenvalue weighted by atomic mass is 10.1. The Morgan fingerprint density at radius 1 is 1.10 bits per heavy atom. The number of aromatic nitrogens is 2. The molecule has 0 bridgehead atoms. The summed E-state index contributed by atoms with van der Waals surface area (Å²) in [6, 6.07) is 10.6. The van der Waals surface area contributed by atoms with Crippen molar-refractivity contribution in [3.8, 4) is 0 Å². The van der Waals surface area contributed by atoms with Gasteiger partial charge in [0.15, 0.2) is 0 Å². The maximum atomic E-state index is 11.8. The molecule has 0 N–H and O–H groups in total. The Morgan fingerprint density at radius 3 is 2.55 bits per heavy atom. The smallest absolute Gasteiger partial charge is 0.246 e. The molecule has 0 amide bonds. The molecule has 0 saturated heterocycles. The first-order valence-electron chi connectivity index (χ1n) is 7.34. The first-order chi connectivity index (χ1) is 9.75. The maximum Gasteiger partial charge on any atom is 0.246 e. The molecule has 1 heterocycles. The minimum atomic E-state index is 0.0983. The van der Waals surface area contributed by atoms with Gasteiger partial charge >= 0.3 is 0 Å². The third-order valence-electron chi connectivity index (χ3n) is 3.42. The summed E-state index contributed by atoms with van der Waals surface area (Å²) < 4.78 is 1.46. The van der Waals surface area contributed by atoms with Crippen molar-refractivity contribution < 1.29 is 4.79 Å². The highest BCUT2D eigenvalue weighted by Gasteiger charge is 2.05. The van der Waals surface area contributed by atoms with Gasteiger partial charge in [0.2, 0.25) is 5.91 Å². The van der Waals surface area contributed by atoms with E-state index in [0.29, 0.717) is 6.42 Å². The number of carbonyl (C=O) groups is 1. The van der Waals surface area contributed by atoms with E-state index < -0.39 is 0 Å². The van der Waals surface area contributed by atoms with Gasteiger partial charge in [0.1, 0.15) is 0 Å². The normalized spacial score (nSPS) is 10.7. The van der Waals surface area contributed by atoms with Crippen LogP contribution >= 0.6 is 0 Å². The van der Waals surface area contributed by atoms with E-state index in [1.165, 1.54) is 23.1 Å². The molecule has 3 heteroatoms. The summed E-state index contributed by atoms with van der Waals surface area (Å²) in [5.41, 5.74) is 2.43. The van der Waals surface area contributed by atoms with E-state index in [1.807, 2.05) is 13.0 Å². The van der Waals surface area contributed by atoms with Crippen molar-refractivity contribution in [1.82, 2.24) is 9.78 Å². The summed E-state index contributed by atoms with van der Waals surface area (Å²) in [4.78, 5) is 11.8. The van der Waals surface area contributed by atoms with Crippen LogP contribution in [0, 0.1) is 6.92 Å². The predicted octanol–water partition coefficient (Wildman–Crippen LogP) is 4.02. The molecule has 0 aliphatic rings. The van der Waals surface area contributed by atoms with Gasteiger partial charge in [-0.15, -0.1) is 0 Å². The van der Waals surface area contributed by atoms with Crippen LogP contribution in [-0.2, 0) is 6.42 Å². The van der Waals surface area contributed by atoms with Gasteiger partial charge in [-0.3, -0.25) is 4.79 Å². The molecule has 0 aliphatic heterocycles. The molecule has 0 atom stereocenters. The molecule has 1 aromatic carbocycles. The molecule has 0 fully saturated rings. The van der Waals surface area contributed by atoms with Crippen LogP contribution in [0.25, 0.3) is 0 Å². The van der Waals surface area contributed by atoms with Gasteiger partial charge in [-0.2, -0.15) is 5.10 Å². The lowest BCUT2D eigenvalue weighted by molar-refractivity contribution is 0.0883. The molecule has 0 unspecified atom stereocenters. The van der Waals surface area contributed by atoms with Crippen molar-refractivity contribution in [3.05, 3.63) is 53.9 Å². The van der Waals surface area contributed by atoms with Gasteiger partial charge in [-0.1, -0.05) is 43.2 Å². The fraction of sp³-hybridized carbons (Fsp3) is 0.412. The SMILES string of the molecule is Cc1cnn(C(=O)CCCCCCc2ccccc2)c1. The standard InChI is InChI=1S/C17H22N2O/c1-15-13-18-19(14-15)17(20)12-8-3-2-5-9-16-10-6-4-7-11-16/h4,6-7,10-11,13-14H,2-3,5,8-9,12H2,1H3. The number of hydrogen-bond donors (Lipinski definition) is 0. The molecule has 1 aromatic heterocycles. The third kappa shape index (κ3) is 4.65. The number of aryl methyl sites for hydroxylation is 2. The van der Waals surface area contributed by atoms with Crippen LogP contribution in [-0.4, -0.2) is 15.7 Å². The Labute approximate surface area is 120 Å². The molecule has 106 valence electrons. The van der Waals surface area contributed by atoms with Crippen LogP contribution < -0.4 is 0 Å². The summed E-state index contributed by atoms with van der Waals surface area (Å²) in [6.07, 6.45) is 9.67. The molecular weight excluding hydrogens is 248 g/mol. The molecule has 0 spiro atoms. The summed E-state index contributed by atoms with van der Waals surface area (Å²) >= 11 is 0. The first-order valence-corrected chi connectivity index (χ1v) is 7.34. The first kappa shape index (κ1) is 14.5. The minimum absolute atomic E-state index is 0.0983. The van der Waals surface area contributed by atoms with E-state index in [2.05, 4.69) is 29.4 Å². The Kier molecular flexibility index (Phi) is 5.54. The summed E-state index contributed by atoms with van der Waals surface area (Å²) in [6.45, 7) is 1.94. The highest BCUT2D eigenvalue weighted by atomic mass is 16.2. The number of carbonyl (C=O) groups excluding carboxylic acids is 1. The third-order valence-corrected chi connectivity index (χ3v) is 3.42. The lowest BCUT2D eigenvalue weighted by Gasteiger charge is -2.02. The van der Waals surface area contributed by atoms with Crippen molar-refractivity contribution in [1.29, 1.82) is 0 Å². The fourth-order valence-corrected chi connectivity index (χ4v) is 2.27. The van der Waals surface area contributed by atoms with Crippen molar-refractivity contribution in [2.45, 2.75) is 45.4 Å². The predicted molar refractivity (Wildman–Crippen MR) is 80.8 cm³/mol. The number of rotatable bonds is 7. The number of benzene rings is 1. The van der Waals surface area contributed by atoms with Gasteiger partial charge in [0.25, 0.3) is 0 Å². The van der Waals surface area contributed by atoms with Crippen molar-refractivity contribution >= 4 is 5.91 Å². The number of unbranched alkanes of at least 4 members (excludes halogenated alkanes) is 3. The second-order valence-electron chi connectivity index (χ2n) is 5.26. The van der Waals surface area contributed by atoms with Crippen LogP contribution in [0.2, 0.25) is 0 Å². The molecule has 0 radical (unpaired) electrons. The highest BCUT2D eigenvalue weighted by molar-refractivity contribution is 5.77.